The summed E-state index contributed by atoms with van der Waals surface area (Å²) in [6.07, 6.45) is 0.703. The van der Waals surface area contributed by atoms with Gasteiger partial charge in [-0.1, -0.05) is 36.4 Å². The SMILES string of the molecule is CCOC(=O)CCc1c(C#N)c(-c2cccc(OC)c2)cc2ccccc12. The normalized spacial score (nSPS) is 10.4. The predicted molar refractivity (Wildman–Crippen MR) is 106 cm³/mol. The van der Waals surface area contributed by atoms with Crippen LogP contribution in [0.5, 0.6) is 5.75 Å². The molecule has 4 nitrogen and oxygen atoms in total. The molecule has 0 heterocycles. The highest BCUT2D eigenvalue weighted by molar-refractivity contribution is 5.94. The number of ether oxygens (including phenoxy) is 2. The molecule has 0 spiro atoms. The Morgan fingerprint density at radius 3 is 2.67 bits per heavy atom. The van der Waals surface area contributed by atoms with Crippen molar-refractivity contribution in [2.75, 3.05) is 13.7 Å². The Bertz CT molecular complexity index is 1020. The summed E-state index contributed by atoms with van der Waals surface area (Å²) < 4.78 is 10.4. The van der Waals surface area contributed by atoms with Gasteiger partial charge < -0.3 is 9.47 Å². The highest BCUT2D eigenvalue weighted by Crippen LogP contribution is 2.34. The smallest absolute Gasteiger partial charge is 0.306 e. The summed E-state index contributed by atoms with van der Waals surface area (Å²) in [5, 5.41) is 11.9. The Kier molecular flexibility index (Phi) is 5.73. The molecule has 3 aromatic carbocycles. The van der Waals surface area contributed by atoms with Gasteiger partial charge in [-0.2, -0.15) is 5.26 Å². The lowest BCUT2D eigenvalue weighted by atomic mass is 9.89. The number of rotatable bonds is 6. The standard InChI is InChI=1S/C23H21NO3/c1-3-27-23(25)12-11-20-19-10-5-4-7-17(19)14-21(22(20)15-24)16-8-6-9-18(13-16)26-2/h4-10,13-14H,3,11-12H2,1-2H3. The number of nitriles is 1. The molecule has 0 aliphatic heterocycles. The molecule has 3 rings (SSSR count). The molecule has 0 radical (unpaired) electrons. The number of benzene rings is 3. The van der Waals surface area contributed by atoms with Gasteiger partial charge in [0.25, 0.3) is 0 Å². The van der Waals surface area contributed by atoms with Crippen LogP contribution in [-0.4, -0.2) is 19.7 Å². The molecular formula is C23H21NO3. The van der Waals surface area contributed by atoms with Crippen LogP contribution in [0.25, 0.3) is 21.9 Å². The maximum Gasteiger partial charge on any atom is 0.306 e. The van der Waals surface area contributed by atoms with E-state index in [2.05, 4.69) is 6.07 Å². The van der Waals surface area contributed by atoms with Crippen LogP contribution in [0.1, 0.15) is 24.5 Å². The van der Waals surface area contributed by atoms with Gasteiger partial charge >= 0.3 is 5.97 Å². The second kappa shape index (κ2) is 8.37. The largest absolute Gasteiger partial charge is 0.497 e. The van der Waals surface area contributed by atoms with E-state index in [0.717, 1.165) is 33.2 Å². The summed E-state index contributed by atoms with van der Waals surface area (Å²) in [5.74, 6) is 0.481. The van der Waals surface area contributed by atoms with Gasteiger partial charge in [0.15, 0.2) is 0 Å². The Balaban J connectivity index is 2.17. The van der Waals surface area contributed by atoms with Crippen molar-refractivity contribution in [3.8, 4) is 22.9 Å². The lowest BCUT2D eigenvalue weighted by molar-refractivity contribution is -0.143. The molecule has 0 saturated heterocycles. The van der Waals surface area contributed by atoms with E-state index < -0.39 is 0 Å². The third-order valence-corrected chi connectivity index (χ3v) is 4.53. The van der Waals surface area contributed by atoms with E-state index in [1.54, 1.807) is 14.0 Å². The first-order chi connectivity index (χ1) is 13.2. The molecule has 0 saturated carbocycles. The van der Waals surface area contributed by atoms with E-state index in [4.69, 9.17) is 9.47 Å². The summed E-state index contributed by atoms with van der Waals surface area (Å²) in [7, 11) is 1.62. The summed E-state index contributed by atoms with van der Waals surface area (Å²) in [6, 6.07) is 20.0. The number of methoxy groups -OCH3 is 1. The maximum atomic E-state index is 11.9. The predicted octanol–water partition coefficient (Wildman–Crippen LogP) is 4.88. The topological polar surface area (TPSA) is 59.3 Å². The molecule has 4 heteroatoms. The molecular weight excluding hydrogens is 338 g/mol. The van der Waals surface area contributed by atoms with Crippen LogP contribution in [-0.2, 0) is 16.0 Å². The average Bonchev–Trinajstić information content (AvgIpc) is 2.71. The number of carbonyl (C=O) groups is 1. The van der Waals surface area contributed by atoms with E-state index in [9.17, 15) is 10.1 Å². The average molecular weight is 359 g/mol. The van der Waals surface area contributed by atoms with Gasteiger partial charge in [0.1, 0.15) is 11.8 Å². The molecule has 3 aromatic rings. The van der Waals surface area contributed by atoms with E-state index in [1.807, 2.05) is 54.6 Å². The highest BCUT2D eigenvalue weighted by atomic mass is 16.5. The molecule has 0 fully saturated rings. The minimum absolute atomic E-state index is 0.244. The maximum absolute atomic E-state index is 11.9. The molecule has 0 atom stereocenters. The van der Waals surface area contributed by atoms with Crippen molar-refractivity contribution >= 4 is 16.7 Å². The van der Waals surface area contributed by atoms with Crippen molar-refractivity contribution < 1.29 is 14.3 Å². The zero-order chi connectivity index (χ0) is 19.2. The summed E-state index contributed by atoms with van der Waals surface area (Å²) >= 11 is 0. The van der Waals surface area contributed by atoms with Gasteiger partial charge in [0.2, 0.25) is 0 Å². The van der Waals surface area contributed by atoms with Gasteiger partial charge in [-0.25, -0.2) is 0 Å². The molecule has 0 amide bonds. The third kappa shape index (κ3) is 3.93. The van der Waals surface area contributed by atoms with Gasteiger partial charge in [-0.05, 0) is 53.4 Å². The first-order valence-electron chi connectivity index (χ1n) is 8.92. The van der Waals surface area contributed by atoms with Crippen molar-refractivity contribution in [1.29, 1.82) is 5.26 Å². The Morgan fingerprint density at radius 2 is 1.93 bits per heavy atom. The molecule has 0 N–H and O–H groups in total. The van der Waals surface area contributed by atoms with Crippen molar-refractivity contribution in [3.05, 3.63) is 65.7 Å². The van der Waals surface area contributed by atoms with Gasteiger partial charge in [-0.15, -0.1) is 0 Å². The fourth-order valence-corrected chi connectivity index (χ4v) is 3.29. The van der Waals surface area contributed by atoms with E-state index in [-0.39, 0.29) is 12.4 Å². The number of aryl methyl sites for hydroxylation is 1. The van der Waals surface area contributed by atoms with Crippen LogP contribution >= 0.6 is 0 Å². The lowest BCUT2D eigenvalue weighted by Gasteiger charge is -2.14. The van der Waals surface area contributed by atoms with Crippen molar-refractivity contribution in [1.82, 2.24) is 0 Å². The molecule has 0 aliphatic carbocycles. The zero-order valence-electron chi connectivity index (χ0n) is 15.5. The molecule has 0 aliphatic rings. The Labute approximate surface area is 159 Å². The number of carbonyl (C=O) groups excluding carboxylic acids is 1. The van der Waals surface area contributed by atoms with E-state index >= 15 is 0 Å². The van der Waals surface area contributed by atoms with Crippen molar-refractivity contribution in [2.45, 2.75) is 19.8 Å². The van der Waals surface area contributed by atoms with E-state index in [0.29, 0.717) is 18.6 Å². The van der Waals surface area contributed by atoms with E-state index in [1.165, 1.54) is 0 Å². The van der Waals surface area contributed by atoms with Crippen LogP contribution in [0, 0.1) is 11.3 Å². The van der Waals surface area contributed by atoms with Crippen LogP contribution in [0.3, 0.4) is 0 Å². The molecule has 27 heavy (non-hydrogen) atoms. The second-order valence-corrected chi connectivity index (χ2v) is 6.15. The summed E-state index contributed by atoms with van der Waals surface area (Å²) in [5.41, 5.74) is 3.22. The van der Waals surface area contributed by atoms with Crippen LogP contribution in [0.4, 0.5) is 0 Å². The number of nitrogens with zero attached hydrogens (tertiary/aromatic N) is 1. The minimum atomic E-state index is -0.253. The molecule has 0 unspecified atom stereocenters. The minimum Gasteiger partial charge on any atom is -0.497 e. The first kappa shape index (κ1) is 18.5. The number of fused-ring (bicyclic) bond motifs is 1. The zero-order valence-corrected chi connectivity index (χ0v) is 15.5. The fourth-order valence-electron chi connectivity index (χ4n) is 3.29. The summed E-state index contributed by atoms with van der Waals surface area (Å²) in [4.78, 5) is 11.9. The number of hydrogen-bond acceptors (Lipinski definition) is 4. The van der Waals surface area contributed by atoms with Crippen molar-refractivity contribution in [2.24, 2.45) is 0 Å². The van der Waals surface area contributed by atoms with Gasteiger partial charge in [-0.3, -0.25) is 4.79 Å². The van der Waals surface area contributed by atoms with Gasteiger partial charge in [0.05, 0.1) is 19.3 Å². The van der Waals surface area contributed by atoms with Crippen LogP contribution < -0.4 is 4.74 Å². The number of hydrogen-bond donors (Lipinski definition) is 0. The first-order valence-corrected chi connectivity index (χ1v) is 8.92. The fraction of sp³-hybridized carbons (Fsp3) is 0.217. The highest BCUT2D eigenvalue weighted by Gasteiger charge is 2.16. The number of esters is 1. The van der Waals surface area contributed by atoms with Crippen LogP contribution in [0.2, 0.25) is 0 Å². The molecule has 0 bridgehead atoms. The second-order valence-electron chi connectivity index (χ2n) is 6.15. The molecule has 136 valence electrons. The van der Waals surface area contributed by atoms with Crippen LogP contribution in [0.15, 0.2) is 54.6 Å². The Morgan fingerprint density at radius 1 is 1.11 bits per heavy atom. The quantitative estimate of drug-likeness (QED) is 0.588. The monoisotopic (exact) mass is 359 g/mol. The third-order valence-electron chi connectivity index (χ3n) is 4.53. The van der Waals surface area contributed by atoms with Gasteiger partial charge in [0, 0.05) is 12.0 Å². The Hall–Kier alpha value is -3.32. The summed E-state index contributed by atoms with van der Waals surface area (Å²) in [6.45, 7) is 2.14. The lowest BCUT2D eigenvalue weighted by Crippen LogP contribution is -2.06. The molecule has 0 aromatic heterocycles. The van der Waals surface area contributed by atoms with Crippen molar-refractivity contribution in [3.63, 3.8) is 0 Å².